The molecule has 1 atom stereocenters. The molecule has 214 valence electrons. The van der Waals surface area contributed by atoms with E-state index in [4.69, 9.17) is 10.5 Å². The van der Waals surface area contributed by atoms with E-state index in [1.54, 1.807) is 32.9 Å². The molecule has 0 aliphatic rings. The lowest BCUT2D eigenvalue weighted by atomic mass is 9.96. The van der Waals surface area contributed by atoms with Crippen LogP contribution in [-0.4, -0.2) is 47.7 Å². The van der Waals surface area contributed by atoms with Gasteiger partial charge < -0.3 is 15.6 Å². The highest BCUT2D eigenvalue weighted by Gasteiger charge is 2.45. The van der Waals surface area contributed by atoms with Crippen molar-refractivity contribution in [3.8, 4) is 0 Å². The first-order valence-corrected chi connectivity index (χ1v) is 14.4. The van der Waals surface area contributed by atoms with Gasteiger partial charge in [-0.05, 0) is 74.6 Å². The van der Waals surface area contributed by atoms with Gasteiger partial charge in [0.1, 0.15) is 18.0 Å². The van der Waals surface area contributed by atoms with E-state index in [-0.39, 0.29) is 23.0 Å². The number of pyridine rings is 2. The van der Waals surface area contributed by atoms with Crippen molar-refractivity contribution in [2.75, 3.05) is 11.4 Å². The zero-order valence-corrected chi connectivity index (χ0v) is 24.2. The molecule has 0 aliphatic heterocycles. The first-order chi connectivity index (χ1) is 18.7. The van der Waals surface area contributed by atoms with Crippen LogP contribution < -0.4 is 10.6 Å². The van der Waals surface area contributed by atoms with E-state index < -0.39 is 38.9 Å². The fraction of sp³-hybridized carbons (Fsp3) is 0.379. The normalized spacial score (nSPS) is 13.3. The lowest BCUT2D eigenvalue weighted by Gasteiger charge is -2.30. The van der Waals surface area contributed by atoms with Gasteiger partial charge in [0.05, 0.1) is 5.69 Å². The Morgan fingerprint density at radius 3 is 2.27 bits per heavy atom. The molecule has 3 aromatic rings. The average Bonchev–Trinajstić information content (AvgIpc) is 2.90. The zero-order chi connectivity index (χ0) is 29.7. The molecule has 10 nitrogen and oxygen atoms in total. The molecule has 1 aromatic carbocycles. The fourth-order valence-corrected chi connectivity index (χ4v) is 5.86. The number of benzene rings is 1. The number of amides is 1. The molecule has 2 aromatic heterocycles. The molecular weight excluding hydrogens is 532 g/mol. The van der Waals surface area contributed by atoms with Gasteiger partial charge in [0, 0.05) is 12.6 Å². The van der Waals surface area contributed by atoms with Gasteiger partial charge in [0.2, 0.25) is 9.84 Å². The van der Waals surface area contributed by atoms with Crippen LogP contribution >= 0.6 is 0 Å². The van der Waals surface area contributed by atoms with E-state index in [1.807, 2.05) is 25.1 Å². The highest BCUT2D eigenvalue weighted by Crippen LogP contribution is 2.34. The number of aryl methyl sites for hydroxylation is 2. The van der Waals surface area contributed by atoms with E-state index >= 15 is 0 Å². The second kappa shape index (κ2) is 12.1. The molecule has 0 bridgehead atoms. The van der Waals surface area contributed by atoms with Gasteiger partial charge in [-0.2, -0.15) is 0 Å². The zero-order valence-electron chi connectivity index (χ0n) is 23.4. The molecule has 1 unspecified atom stereocenters. The highest BCUT2D eigenvalue weighted by atomic mass is 32.2. The van der Waals surface area contributed by atoms with Crippen LogP contribution in [0.5, 0.6) is 0 Å². The number of nitrogens with two attached hydrogens (primary N) is 1. The molecule has 0 saturated heterocycles. The van der Waals surface area contributed by atoms with Crippen LogP contribution in [0, 0.1) is 0 Å². The number of aromatic nitrogens is 2. The number of anilines is 1. The molecule has 0 spiro atoms. The summed E-state index contributed by atoms with van der Waals surface area (Å²) in [5, 5.41) is 9.24. The van der Waals surface area contributed by atoms with Crippen LogP contribution in [0.4, 0.5) is 10.6 Å². The van der Waals surface area contributed by atoms with Crippen molar-refractivity contribution in [3.05, 3.63) is 83.2 Å². The van der Waals surface area contributed by atoms with E-state index in [2.05, 4.69) is 16.9 Å². The van der Waals surface area contributed by atoms with E-state index in [0.717, 1.165) is 28.9 Å². The Kier molecular flexibility index (Phi) is 9.32. The minimum absolute atomic E-state index is 0.0767. The fourth-order valence-electron chi connectivity index (χ4n) is 4.28. The number of carboxylic acid groups (broad SMARTS) is 1. The number of nitrogens with zero attached hydrogens (tertiary/aromatic N) is 3. The van der Waals surface area contributed by atoms with Crippen molar-refractivity contribution < 1.29 is 27.9 Å². The molecule has 2 heterocycles. The number of ether oxygens (including phenoxy) is 1. The van der Waals surface area contributed by atoms with Crippen molar-refractivity contribution in [3.63, 3.8) is 0 Å². The third-order valence-corrected chi connectivity index (χ3v) is 8.35. The van der Waals surface area contributed by atoms with Crippen LogP contribution in [-0.2, 0) is 43.5 Å². The van der Waals surface area contributed by atoms with Crippen molar-refractivity contribution in [1.29, 1.82) is 0 Å². The van der Waals surface area contributed by atoms with Gasteiger partial charge in [-0.15, -0.1) is 0 Å². The molecule has 0 fully saturated rings. The van der Waals surface area contributed by atoms with Crippen molar-refractivity contribution >= 4 is 27.7 Å². The predicted molar refractivity (Wildman–Crippen MR) is 152 cm³/mol. The second-order valence-corrected chi connectivity index (χ2v) is 12.5. The smallest absolute Gasteiger partial charge is 0.416 e. The minimum Gasteiger partial charge on any atom is -0.480 e. The lowest BCUT2D eigenvalue weighted by Crippen LogP contribution is -2.48. The van der Waals surface area contributed by atoms with Crippen LogP contribution in [0.15, 0.2) is 65.8 Å². The average molecular weight is 569 g/mol. The summed E-state index contributed by atoms with van der Waals surface area (Å²) in [5.41, 5.74) is 8.76. The summed E-state index contributed by atoms with van der Waals surface area (Å²) in [6, 6.07) is 14.6. The molecule has 11 heteroatoms. The number of sulfone groups is 1. The Morgan fingerprint density at radius 1 is 1.00 bits per heavy atom. The van der Waals surface area contributed by atoms with E-state index in [1.165, 1.54) is 30.5 Å². The largest absolute Gasteiger partial charge is 0.480 e. The van der Waals surface area contributed by atoms with E-state index in [9.17, 15) is 23.1 Å². The minimum atomic E-state index is -4.35. The Morgan fingerprint density at radius 2 is 1.70 bits per heavy atom. The molecule has 0 saturated carbocycles. The maximum atomic E-state index is 14.1. The topological polar surface area (TPSA) is 153 Å². The summed E-state index contributed by atoms with van der Waals surface area (Å²) in [6.07, 6.45) is 1.86. The van der Waals surface area contributed by atoms with Crippen molar-refractivity contribution in [1.82, 2.24) is 9.97 Å². The quantitative estimate of drug-likeness (QED) is 0.365. The van der Waals surface area contributed by atoms with Gasteiger partial charge in [0.25, 0.3) is 0 Å². The molecule has 0 aliphatic carbocycles. The number of carbonyl (C=O) groups is 2. The molecule has 0 radical (unpaired) electrons. The number of rotatable bonds is 10. The Balaban J connectivity index is 2.20. The van der Waals surface area contributed by atoms with Crippen LogP contribution in [0.25, 0.3) is 0 Å². The number of aliphatic carboxylic acids is 1. The summed E-state index contributed by atoms with van der Waals surface area (Å²) in [7, 11) is -4.35. The van der Waals surface area contributed by atoms with Crippen LogP contribution in [0.2, 0.25) is 0 Å². The summed E-state index contributed by atoms with van der Waals surface area (Å²) in [6.45, 7) is 8.26. The maximum Gasteiger partial charge on any atom is 0.416 e. The second-order valence-electron chi connectivity index (χ2n) is 10.4. The first kappa shape index (κ1) is 30.7. The predicted octanol–water partition coefficient (Wildman–Crippen LogP) is 4.26. The summed E-state index contributed by atoms with van der Waals surface area (Å²) in [4.78, 5) is 31.8. The maximum absolute atomic E-state index is 14.1. The highest BCUT2D eigenvalue weighted by molar-refractivity contribution is 7.92. The number of hydrogen-bond donors (Lipinski definition) is 2. The Bertz CT molecular complexity index is 1470. The standard InChI is InChI=1S/C29H36N4O6S/c1-6-21-15-14-20(17-22(21)7-2)18-29(30,40(37,38)25-13-8-9-16-31-25)23-11-10-12-24(32-23)33(19-26(34)35)27(36)39-28(3,4)5/h8-17H,6-7,18-19,30H2,1-5H3,(H,34,35). The monoisotopic (exact) mass is 568 g/mol. The molecule has 40 heavy (non-hydrogen) atoms. The van der Waals surface area contributed by atoms with Gasteiger partial charge in [-0.3, -0.25) is 9.69 Å². The summed E-state index contributed by atoms with van der Waals surface area (Å²) < 4.78 is 33.6. The van der Waals surface area contributed by atoms with Crippen LogP contribution in [0.1, 0.15) is 57.0 Å². The van der Waals surface area contributed by atoms with Crippen molar-refractivity contribution in [2.45, 2.75) is 69.4 Å². The van der Waals surface area contributed by atoms with Gasteiger partial charge in [-0.1, -0.05) is 44.2 Å². The van der Waals surface area contributed by atoms with Gasteiger partial charge in [0.15, 0.2) is 9.90 Å². The number of hydrogen-bond acceptors (Lipinski definition) is 8. The van der Waals surface area contributed by atoms with Gasteiger partial charge >= 0.3 is 12.1 Å². The third-order valence-electron chi connectivity index (χ3n) is 6.24. The molecule has 3 rings (SSSR count). The molecule has 3 N–H and O–H groups in total. The van der Waals surface area contributed by atoms with Gasteiger partial charge in [-0.25, -0.2) is 23.2 Å². The summed E-state index contributed by atoms with van der Waals surface area (Å²) in [5.74, 6) is -1.42. The summed E-state index contributed by atoms with van der Waals surface area (Å²) >= 11 is 0. The third kappa shape index (κ3) is 6.83. The number of carbonyl (C=O) groups excluding carboxylic acids is 1. The van der Waals surface area contributed by atoms with Crippen LogP contribution in [0.3, 0.4) is 0 Å². The van der Waals surface area contributed by atoms with E-state index in [0.29, 0.717) is 5.56 Å². The number of carboxylic acids is 1. The molecule has 1 amide bonds. The Hall–Kier alpha value is -3.83. The Labute approximate surface area is 235 Å². The lowest BCUT2D eigenvalue weighted by molar-refractivity contribution is -0.135. The first-order valence-electron chi connectivity index (χ1n) is 13.0. The molecular formula is C29H36N4O6S. The van der Waals surface area contributed by atoms with Crippen molar-refractivity contribution in [2.24, 2.45) is 5.73 Å². The SMILES string of the molecule is CCc1ccc(CC(N)(c2cccc(N(CC(=O)O)C(=O)OC(C)(C)C)n2)S(=O)(=O)c2ccccn2)cc1CC.